The third-order valence-electron chi connectivity index (χ3n) is 2.42. The summed E-state index contributed by atoms with van der Waals surface area (Å²) in [4.78, 5) is 14.6. The molecule has 0 spiro atoms. The molecular formula is C9H13N3O3. The van der Waals surface area contributed by atoms with Gasteiger partial charge in [-0.15, -0.1) is 0 Å². The standard InChI is InChI=1S/C9H13N3O3/c13-8(14)2-1-7-10-9(12-11-7)6-3-4-15-5-6/h6H,1-5H2,(H,13,14)(H,10,11,12). The van der Waals surface area contributed by atoms with Gasteiger partial charge in [-0.2, -0.15) is 5.10 Å². The van der Waals surface area contributed by atoms with Crippen molar-refractivity contribution in [1.29, 1.82) is 0 Å². The van der Waals surface area contributed by atoms with Gasteiger partial charge in [0, 0.05) is 18.9 Å². The molecule has 1 atom stereocenters. The summed E-state index contributed by atoms with van der Waals surface area (Å²) >= 11 is 0. The molecule has 2 heterocycles. The van der Waals surface area contributed by atoms with E-state index >= 15 is 0 Å². The van der Waals surface area contributed by atoms with Gasteiger partial charge in [0.1, 0.15) is 5.82 Å². The molecule has 2 N–H and O–H groups in total. The van der Waals surface area contributed by atoms with E-state index in [-0.39, 0.29) is 12.3 Å². The normalized spacial score (nSPS) is 20.7. The number of aliphatic carboxylic acids is 1. The molecule has 82 valence electrons. The Bertz CT molecular complexity index is 344. The number of hydrogen-bond donors (Lipinski definition) is 2. The van der Waals surface area contributed by atoms with Gasteiger partial charge < -0.3 is 9.84 Å². The minimum absolute atomic E-state index is 0.0792. The molecule has 6 heteroatoms. The topological polar surface area (TPSA) is 88.1 Å². The lowest BCUT2D eigenvalue weighted by molar-refractivity contribution is -0.137. The number of aryl methyl sites for hydroxylation is 1. The van der Waals surface area contributed by atoms with Crippen LogP contribution in [-0.4, -0.2) is 39.5 Å². The van der Waals surface area contributed by atoms with Gasteiger partial charge in [0.05, 0.1) is 13.0 Å². The maximum absolute atomic E-state index is 10.4. The summed E-state index contributed by atoms with van der Waals surface area (Å²) in [6.45, 7) is 1.42. The van der Waals surface area contributed by atoms with Gasteiger partial charge in [-0.05, 0) is 6.42 Å². The van der Waals surface area contributed by atoms with Crippen LogP contribution in [-0.2, 0) is 16.0 Å². The summed E-state index contributed by atoms with van der Waals surface area (Å²) in [6, 6.07) is 0. The third-order valence-corrected chi connectivity index (χ3v) is 2.42. The molecule has 1 unspecified atom stereocenters. The smallest absolute Gasteiger partial charge is 0.303 e. The predicted molar refractivity (Wildman–Crippen MR) is 50.5 cm³/mol. The van der Waals surface area contributed by atoms with E-state index in [0.717, 1.165) is 18.9 Å². The Hall–Kier alpha value is -1.43. The number of carboxylic acids is 1. The van der Waals surface area contributed by atoms with Crippen molar-refractivity contribution in [3.05, 3.63) is 11.6 Å². The van der Waals surface area contributed by atoms with Crippen LogP contribution in [0.2, 0.25) is 0 Å². The van der Waals surface area contributed by atoms with E-state index in [4.69, 9.17) is 9.84 Å². The minimum atomic E-state index is -0.822. The van der Waals surface area contributed by atoms with Crippen LogP contribution in [0.1, 0.15) is 30.4 Å². The van der Waals surface area contributed by atoms with E-state index in [0.29, 0.717) is 18.9 Å². The molecule has 0 saturated carbocycles. The lowest BCUT2D eigenvalue weighted by atomic mass is 10.1. The Morgan fingerprint density at radius 2 is 2.53 bits per heavy atom. The maximum Gasteiger partial charge on any atom is 0.303 e. The number of ether oxygens (including phenoxy) is 1. The molecule has 1 saturated heterocycles. The lowest BCUT2D eigenvalue weighted by Crippen LogP contribution is -2.01. The first-order valence-electron chi connectivity index (χ1n) is 4.96. The Labute approximate surface area is 86.7 Å². The summed E-state index contributed by atoms with van der Waals surface area (Å²) in [5, 5.41) is 15.3. The Morgan fingerprint density at radius 1 is 1.67 bits per heavy atom. The first-order valence-corrected chi connectivity index (χ1v) is 4.96. The van der Waals surface area contributed by atoms with Crippen molar-refractivity contribution in [2.45, 2.75) is 25.2 Å². The number of aromatic nitrogens is 3. The summed E-state index contributed by atoms with van der Waals surface area (Å²) < 4.78 is 5.23. The maximum atomic E-state index is 10.4. The summed E-state index contributed by atoms with van der Waals surface area (Å²) in [5.74, 6) is 0.823. The van der Waals surface area contributed by atoms with Crippen molar-refractivity contribution >= 4 is 5.97 Å². The predicted octanol–water partition coefficient (Wildman–Crippen LogP) is 0.326. The number of aromatic amines is 1. The first-order chi connectivity index (χ1) is 7.25. The Morgan fingerprint density at radius 3 is 3.20 bits per heavy atom. The van der Waals surface area contributed by atoms with Crippen LogP contribution in [0.5, 0.6) is 0 Å². The van der Waals surface area contributed by atoms with Gasteiger partial charge >= 0.3 is 5.97 Å². The van der Waals surface area contributed by atoms with E-state index in [2.05, 4.69) is 15.2 Å². The molecule has 1 aromatic heterocycles. The van der Waals surface area contributed by atoms with Crippen LogP contribution in [0, 0.1) is 0 Å². The second-order valence-corrected chi connectivity index (χ2v) is 3.59. The molecule has 0 amide bonds. The van der Waals surface area contributed by atoms with E-state index in [1.807, 2.05) is 0 Å². The molecule has 1 fully saturated rings. The SMILES string of the molecule is O=C(O)CCc1nc(C2CCOC2)n[nH]1. The molecule has 0 bridgehead atoms. The highest BCUT2D eigenvalue weighted by atomic mass is 16.5. The van der Waals surface area contributed by atoms with Crippen LogP contribution in [0.3, 0.4) is 0 Å². The van der Waals surface area contributed by atoms with Crippen LogP contribution in [0.25, 0.3) is 0 Å². The number of H-pyrrole nitrogens is 1. The van der Waals surface area contributed by atoms with Crippen molar-refractivity contribution in [1.82, 2.24) is 15.2 Å². The zero-order valence-corrected chi connectivity index (χ0v) is 8.27. The highest BCUT2D eigenvalue weighted by molar-refractivity contribution is 5.66. The first kappa shape index (κ1) is 10.1. The van der Waals surface area contributed by atoms with Gasteiger partial charge in [0.15, 0.2) is 5.82 Å². The molecule has 6 nitrogen and oxygen atoms in total. The fourth-order valence-corrected chi connectivity index (χ4v) is 1.57. The fraction of sp³-hybridized carbons (Fsp3) is 0.667. The molecule has 0 aromatic carbocycles. The quantitative estimate of drug-likeness (QED) is 0.749. The minimum Gasteiger partial charge on any atom is -0.481 e. The van der Waals surface area contributed by atoms with Gasteiger partial charge in [0.2, 0.25) is 0 Å². The van der Waals surface area contributed by atoms with Crippen molar-refractivity contribution < 1.29 is 14.6 Å². The lowest BCUT2D eigenvalue weighted by Gasteiger charge is -1.98. The van der Waals surface area contributed by atoms with Crippen molar-refractivity contribution in [2.75, 3.05) is 13.2 Å². The van der Waals surface area contributed by atoms with Gasteiger partial charge in [-0.3, -0.25) is 9.89 Å². The van der Waals surface area contributed by atoms with E-state index in [1.54, 1.807) is 0 Å². The average molecular weight is 211 g/mol. The molecule has 15 heavy (non-hydrogen) atoms. The van der Waals surface area contributed by atoms with E-state index in [9.17, 15) is 4.79 Å². The zero-order chi connectivity index (χ0) is 10.7. The van der Waals surface area contributed by atoms with Gasteiger partial charge in [-0.25, -0.2) is 4.98 Å². The molecule has 0 aliphatic carbocycles. The van der Waals surface area contributed by atoms with Crippen LogP contribution >= 0.6 is 0 Å². The molecule has 1 aliphatic rings. The zero-order valence-electron chi connectivity index (χ0n) is 8.27. The second-order valence-electron chi connectivity index (χ2n) is 3.59. The number of carbonyl (C=O) groups is 1. The monoisotopic (exact) mass is 211 g/mol. The average Bonchev–Trinajstić information content (AvgIpc) is 2.85. The molecular weight excluding hydrogens is 198 g/mol. The van der Waals surface area contributed by atoms with Crippen LogP contribution in [0.15, 0.2) is 0 Å². The number of nitrogens with one attached hydrogen (secondary N) is 1. The molecule has 0 radical (unpaired) electrons. The van der Waals surface area contributed by atoms with Crippen LogP contribution < -0.4 is 0 Å². The van der Waals surface area contributed by atoms with Crippen molar-refractivity contribution in [3.63, 3.8) is 0 Å². The number of rotatable bonds is 4. The van der Waals surface area contributed by atoms with Crippen molar-refractivity contribution in [3.8, 4) is 0 Å². The summed E-state index contributed by atoms with van der Waals surface area (Å²) in [5.41, 5.74) is 0. The summed E-state index contributed by atoms with van der Waals surface area (Å²) in [7, 11) is 0. The Kier molecular flexibility index (Phi) is 2.96. The largest absolute Gasteiger partial charge is 0.481 e. The van der Waals surface area contributed by atoms with Crippen molar-refractivity contribution in [2.24, 2.45) is 0 Å². The number of hydrogen-bond acceptors (Lipinski definition) is 4. The van der Waals surface area contributed by atoms with E-state index < -0.39 is 5.97 Å². The Balaban J connectivity index is 1.94. The fourth-order valence-electron chi connectivity index (χ4n) is 1.57. The van der Waals surface area contributed by atoms with Crippen LogP contribution in [0.4, 0.5) is 0 Å². The molecule has 1 aliphatic heterocycles. The van der Waals surface area contributed by atoms with Gasteiger partial charge in [-0.1, -0.05) is 0 Å². The summed E-state index contributed by atoms with van der Waals surface area (Å²) in [6.07, 6.45) is 1.42. The third kappa shape index (κ3) is 2.53. The number of carboxylic acid groups (broad SMARTS) is 1. The van der Waals surface area contributed by atoms with E-state index in [1.165, 1.54) is 0 Å². The highest BCUT2D eigenvalue weighted by Gasteiger charge is 2.21. The molecule has 1 aromatic rings. The molecule has 2 rings (SSSR count). The van der Waals surface area contributed by atoms with Gasteiger partial charge in [0.25, 0.3) is 0 Å². The highest BCUT2D eigenvalue weighted by Crippen LogP contribution is 2.21. The number of nitrogens with zero attached hydrogens (tertiary/aromatic N) is 2. The second kappa shape index (κ2) is 4.39.